The number of carbonyl (C=O) groups excluding carboxylic acids is 1. The summed E-state index contributed by atoms with van der Waals surface area (Å²) in [6, 6.07) is 11.6. The minimum absolute atomic E-state index is 0.0190. The van der Waals surface area contributed by atoms with Crippen LogP contribution in [0.3, 0.4) is 0 Å². The number of halogens is 1. The number of methoxy groups -OCH3 is 2. The third-order valence-electron chi connectivity index (χ3n) is 9.78. The second-order valence-electron chi connectivity index (χ2n) is 14.3. The van der Waals surface area contributed by atoms with Gasteiger partial charge in [-0.3, -0.25) is 4.79 Å². The molecule has 1 atom stereocenters. The Labute approximate surface area is 281 Å². The maximum atomic E-state index is 14.2. The minimum atomic E-state index is -1.16. The van der Waals surface area contributed by atoms with Crippen LogP contribution >= 0.6 is 22.6 Å². The Balaban J connectivity index is 1.59. The van der Waals surface area contributed by atoms with Gasteiger partial charge in [0.05, 0.1) is 48.0 Å². The first-order valence-electron chi connectivity index (χ1n) is 16.0. The lowest BCUT2D eigenvalue weighted by Gasteiger charge is -2.62. The van der Waals surface area contributed by atoms with Crippen LogP contribution in [0.5, 0.6) is 11.5 Å². The van der Waals surface area contributed by atoms with Crippen molar-refractivity contribution >= 4 is 39.9 Å². The van der Waals surface area contributed by atoms with Crippen LogP contribution in [0.4, 0.5) is 5.69 Å². The van der Waals surface area contributed by atoms with Crippen molar-refractivity contribution in [3.05, 3.63) is 62.9 Å². The van der Waals surface area contributed by atoms with Gasteiger partial charge in [0.25, 0.3) is 5.91 Å². The number of rotatable bonds is 10. The molecule has 0 aromatic heterocycles. The van der Waals surface area contributed by atoms with Crippen molar-refractivity contribution in [2.24, 2.45) is 34.4 Å². The number of amides is 1. The molecule has 9 heteroatoms. The van der Waals surface area contributed by atoms with Gasteiger partial charge in [-0.25, -0.2) is 4.99 Å². The summed E-state index contributed by atoms with van der Waals surface area (Å²) >= 11 is 2.30. The molecule has 2 aromatic rings. The fourth-order valence-corrected chi connectivity index (χ4v) is 8.55. The van der Waals surface area contributed by atoms with Crippen LogP contribution in [0.1, 0.15) is 83.8 Å². The molecule has 4 N–H and O–H groups in total. The fourth-order valence-electron chi connectivity index (χ4n) is 8.03. The largest absolute Gasteiger partial charge is 0.496 e. The molecule has 4 bridgehead atoms. The van der Waals surface area contributed by atoms with E-state index in [4.69, 9.17) is 24.9 Å². The number of carbonyl (C=O) groups is 1. The number of allylic oxidation sites excluding steroid dienone is 1. The van der Waals surface area contributed by atoms with E-state index in [1.165, 1.54) is 6.42 Å². The van der Waals surface area contributed by atoms with Crippen LogP contribution in [0.25, 0.3) is 0 Å². The van der Waals surface area contributed by atoms with Crippen molar-refractivity contribution < 1.29 is 24.1 Å². The molecule has 0 saturated heterocycles. The van der Waals surface area contributed by atoms with Crippen molar-refractivity contribution in [2.45, 2.75) is 90.1 Å². The van der Waals surface area contributed by atoms with E-state index in [-0.39, 0.29) is 23.5 Å². The van der Waals surface area contributed by atoms with Gasteiger partial charge in [-0.15, -0.1) is 0 Å². The SMILES string of the molecule is COc1cccc(OC)c1C(C=C(N)C(=O)NC1(C(O)OC(C)(C)C)C2CC3CC(C2)CC1C3)=Nc1ccc(I)cc1C(C)C. The molecule has 244 valence electrons. The van der Waals surface area contributed by atoms with Crippen molar-refractivity contribution in [1.82, 2.24) is 5.32 Å². The number of nitrogens with two attached hydrogens (primary N) is 1. The number of benzene rings is 2. The number of aliphatic hydroxyl groups is 1. The summed E-state index contributed by atoms with van der Waals surface area (Å²) in [6.45, 7) is 10.0. The number of aliphatic imine (C=N–C) groups is 1. The summed E-state index contributed by atoms with van der Waals surface area (Å²) in [5.41, 5.74) is 8.00. The number of hydrogen-bond donors (Lipinski definition) is 3. The number of nitrogens with one attached hydrogen (secondary N) is 1. The Morgan fingerprint density at radius 1 is 1.04 bits per heavy atom. The molecule has 0 aliphatic heterocycles. The summed E-state index contributed by atoms with van der Waals surface area (Å²) in [7, 11) is 3.18. The summed E-state index contributed by atoms with van der Waals surface area (Å²) in [4.78, 5) is 19.3. The van der Waals surface area contributed by atoms with E-state index in [0.29, 0.717) is 34.6 Å². The molecular weight excluding hydrogens is 681 g/mol. The second kappa shape index (κ2) is 13.2. The zero-order valence-electron chi connectivity index (χ0n) is 27.5. The highest BCUT2D eigenvalue weighted by molar-refractivity contribution is 14.1. The van der Waals surface area contributed by atoms with Crippen molar-refractivity contribution in [1.29, 1.82) is 0 Å². The molecule has 4 aliphatic carbocycles. The van der Waals surface area contributed by atoms with Crippen LogP contribution in [-0.2, 0) is 9.53 Å². The first-order chi connectivity index (χ1) is 21.2. The average Bonchev–Trinajstić information content (AvgIpc) is 2.97. The molecule has 8 nitrogen and oxygen atoms in total. The predicted octanol–water partition coefficient (Wildman–Crippen LogP) is 6.84. The van der Waals surface area contributed by atoms with Gasteiger partial charge in [-0.2, -0.15) is 0 Å². The molecule has 1 amide bonds. The third-order valence-corrected chi connectivity index (χ3v) is 10.5. The molecule has 0 spiro atoms. The van der Waals surface area contributed by atoms with E-state index in [9.17, 15) is 9.90 Å². The van der Waals surface area contributed by atoms with Crippen LogP contribution in [0, 0.1) is 27.2 Å². The van der Waals surface area contributed by atoms with Gasteiger partial charge in [-0.05, 0) is 147 Å². The molecule has 4 aliphatic rings. The van der Waals surface area contributed by atoms with Crippen LogP contribution < -0.4 is 20.5 Å². The van der Waals surface area contributed by atoms with Crippen molar-refractivity contribution in [3.8, 4) is 11.5 Å². The highest BCUT2D eigenvalue weighted by Gasteiger charge is 2.62. The lowest BCUT2D eigenvalue weighted by Crippen LogP contribution is -2.72. The zero-order valence-corrected chi connectivity index (χ0v) is 29.7. The highest BCUT2D eigenvalue weighted by Crippen LogP contribution is 2.59. The normalized spacial score (nSPS) is 27.1. The number of ether oxygens (including phenoxy) is 3. The molecule has 0 radical (unpaired) electrons. The Hall–Kier alpha value is -2.63. The molecule has 0 heterocycles. The fraction of sp³-hybridized carbons (Fsp3) is 0.556. The van der Waals surface area contributed by atoms with Gasteiger partial charge in [0.1, 0.15) is 11.5 Å². The third kappa shape index (κ3) is 6.90. The van der Waals surface area contributed by atoms with E-state index in [1.807, 2.05) is 51.1 Å². The predicted molar refractivity (Wildman–Crippen MR) is 186 cm³/mol. The lowest BCUT2D eigenvalue weighted by molar-refractivity contribution is -0.253. The van der Waals surface area contributed by atoms with Crippen molar-refractivity contribution in [2.75, 3.05) is 14.2 Å². The molecule has 45 heavy (non-hydrogen) atoms. The first kappa shape index (κ1) is 33.7. The zero-order chi connectivity index (χ0) is 32.7. The number of hydrogen-bond acceptors (Lipinski definition) is 7. The van der Waals surface area contributed by atoms with Gasteiger partial charge in [0.2, 0.25) is 0 Å². The smallest absolute Gasteiger partial charge is 0.267 e. The van der Waals surface area contributed by atoms with Gasteiger partial charge in [0, 0.05) is 3.57 Å². The summed E-state index contributed by atoms with van der Waals surface area (Å²) in [5.74, 6) is 2.34. The van der Waals surface area contributed by atoms with E-state index in [0.717, 1.165) is 40.5 Å². The molecule has 4 fully saturated rings. The van der Waals surface area contributed by atoms with Crippen LogP contribution in [0.15, 0.2) is 53.2 Å². The highest BCUT2D eigenvalue weighted by atomic mass is 127. The molecule has 4 saturated carbocycles. The van der Waals surface area contributed by atoms with E-state index >= 15 is 0 Å². The van der Waals surface area contributed by atoms with Gasteiger partial charge in [-0.1, -0.05) is 19.9 Å². The number of nitrogens with zero attached hydrogens (tertiary/aromatic N) is 1. The average molecular weight is 730 g/mol. The van der Waals surface area contributed by atoms with Crippen LogP contribution in [0.2, 0.25) is 0 Å². The van der Waals surface area contributed by atoms with Crippen LogP contribution in [-0.4, -0.2) is 48.4 Å². The first-order valence-corrected chi connectivity index (χ1v) is 17.1. The maximum Gasteiger partial charge on any atom is 0.267 e. The molecule has 2 aromatic carbocycles. The second-order valence-corrected chi connectivity index (χ2v) is 15.5. The monoisotopic (exact) mass is 729 g/mol. The van der Waals surface area contributed by atoms with E-state index < -0.39 is 23.3 Å². The minimum Gasteiger partial charge on any atom is -0.496 e. The molecule has 1 unspecified atom stereocenters. The summed E-state index contributed by atoms with van der Waals surface area (Å²) in [6.07, 6.45) is 5.56. The summed E-state index contributed by atoms with van der Waals surface area (Å²) < 4.78 is 18.8. The Morgan fingerprint density at radius 3 is 2.13 bits per heavy atom. The number of aliphatic hydroxyl groups excluding tert-OH is 1. The Kier molecular flexibility index (Phi) is 9.92. The topological polar surface area (TPSA) is 115 Å². The lowest BCUT2D eigenvalue weighted by atomic mass is 9.48. The van der Waals surface area contributed by atoms with Gasteiger partial charge in [0.15, 0.2) is 6.29 Å². The van der Waals surface area contributed by atoms with Gasteiger partial charge >= 0.3 is 0 Å². The van der Waals surface area contributed by atoms with E-state index in [1.54, 1.807) is 20.3 Å². The quantitative estimate of drug-likeness (QED) is 0.107. The standard InChI is InChI=1S/C36H48IN3O5/c1-20(2)26-18-25(37)11-12-28(26)39-29(32-30(43-6)9-8-10-31(32)44-7)19-27(38)33(41)40-36(34(42)45-35(3,4)5)23-14-21-13-22(16-23)17-24(36)15-21/h8-12,18-24,34,42H,13-17,38H2,1-7H3,(H,40,41). The van der Waals surface area contributed by atoms with Crippen molar-refractivity contribution in [3.63, 3.8) is 0 Å². The Bertz CT molecular complexity index is 1430. The summed E-state index contributed by atoms with van der Waals surface area (Å²) in [5, 5.41) is 15.0. The molecule has 6 rings (SSSR count). The Morgan fingerprint density at radius 2 is 1.62 bits per heavy atom. The molecular formula is C36H48IN3O5. The maximum absolute atomic E-state index is 14.2. The van der Waals surface area contributed by atoms with Gasteiger partial charge < -0.3 is 30.4 Å². The van der Waals surface area contributed by atoms with E-state index in [2.05, 4.69) is 47.8 Å².